The molecule has 1 aliphatic rings. The van der Waals surface area contributed by atoms with Gasteiger partial charge in [-0.25, -0.2) is 9.78 Å². The minimum atomic E-state index is -1.04. The maximum absolute atomic E-state index is 11.4. The van der Waals surface area contributed by atoms with E-state index in [0.29, 0.717) is 10.5 Å². The van der Waals surface area contributed by atoms with Crippen LogP contribution < -0.4 is 5.32 Å². The number of aromatic nitrogens is 2. The van der Waals surface area contributed by atoms with E-state index in [1.807, 2.05) is 16.7 Å². The maximum Gasteiger partial charge on any atom is 0.356 e. The summed E-state index contributed by atoms with van der Waals surface area (Å²) in [4.78, 5) is 15.7. The van der Waals surface area contributed by atoms with Crippen LogP contribution in [0.3, 0.4) is 0 Å². The zero-order valence-corrected chi connectivity index (χ0v) is 11.7. The van der Waals surface area contributed by atoms with Gasteiger partial charge in [0.1, 0.15) is 5.82 Å². The number of carbonyl (C=O) groups is 1. The lowest BCUT2D eigenvalue weighted by atomic mass is 10.0. The number of rotatable bonds is 2. The van der Waals surface area contributed by atoms with Crippen molar-refractivity contribution in [3.63, 3.8) is 0 Å². The Kier molecular flexibility index (Phi) is 3.63. The highest BCUT2D eigenvalue weighted by molar-refractivity contribution is 6.34. The van der Waals surface area contributed by atoms with Crippen molar-refractivity contribution in [3.05, 3.63) is 34.9 Å². The average Bonchev–Trinajstić information content (AvgIpc) is 2.63. The van der Waals surface area contributed by atoms with Gasteiger partial charge in [-0.3, -0.25) is 0 Å². The van der Waals surface area contributed by atoms with E-state index >= 15 is 0 Å². The number of pyridine rings is 1. The lowest BCUT2D eigenvalue weighted by Gasteiger charge is -2.13. The minimum absolute atomic E-state index is 0.0369. The molecule has 1 atom stereocenters. The molecular formula is C14H16ClN3O2. The molecule has 2 N–H and O–H groups in total. The number of nitrogens with one attached hydrogen (secondary N) is 1. The molecule has 20 heavy (non-hydrogen) atoms. The Hall–Kier alpha value is -1.59. The predicted molar refractivity (Wildman–Crippen MR) is 76.6 cm³/mol. The van der Waals surface area contributed by atoms with Crippen LogP contribution in [0.5, 0.6) is 0 Å². The fourth-order valence-corrected chi connectivity index (χ4v) is 3.05. The molecule has 6 heteroatoms. The lowest BCUT2D eigenvalue weighted by molar-refractivity contribution is 0.0693. The van der Waals surface area contributed by atoms with E-state index < -0.39 is 5.97 Å². The molecule has 0 radical (unpaired) electrons. The highest BCUT2D eigenvalue weighted by Gasteiger charge is 2.24. The predicted octanol–water partition coefficient (Wildman–Crippen LogP) is 2.54. The molecule has 2 aromatic rings. The Labute approximate surface area is 121 Å². The van der Waals surface area contributed by atoms with Gasteiger partial charge in [-0.2, -0.15) is 0 Å². The third-order valence-corrected chi connectivity index (χ3v) is 4.06. The number of hydrogen-bond donors (Lipinski definition) is 2. The van der Waals surface area contributed by atoms with Gasteiger partial charge in [0.25, 0.3) is 0 Å². The van der Waals surface area contributed by atoms with Crippen molar-refractivity contribution in [2.24, 2.45) is 0 Å². The Morgan fingerprint density at radius 3 is 3.15 bits per heavy atom. The van der Waals surface area contributed by atoms with Gasteiger partial charge in [0, 0.05) is 18.7 Å². The topological polar surface area (TPSA) is 66.6 Å². The summed E-state index contributed by atoms with van der Waals surface area (Å²) in [6, 6.07) is 3.51. The van der Waals surface area contributed by atoms with Gasteiger partial charge in [0.15, 0.2) is 5.69 Å². The number of nitrogens with zero attached hydrogens (tertiary/aromatic N) is 2. The first-order valence-corrected chi connectivity index (χ1v) is 7.16. The van der Waals surface area contributed by atoms with Gasteiger partial charge >= 0.3 is 5.97 Å². The van der Waals surface area contributed by atoms with E-state index in [1.54, 1.807) is 6.07 Å². The second kappa shape index (κ2) is 5.42. The SMILES string of the molecule is O=C(O)c1nc(C2CCCCNC2)n2cccc(Cl)c12. The monoisotopic (exact) mass is 293 g/mol. The van der Waals surface area contributed by atoms with E-state index in [2.05, 4.69) is 10.3 Å². The highest BCUT2D eigenvalue weighted by atomic mass is 35.5. The van der Waals surface area contributed by atoms with Crippen LogP contribution >= 0.6 is 11.6 Å². The third kappa shape index (κ3) is 2.27. The molecule has 0 aromatic carbocycles. The Balaban J connectivity index is 2.15. The lowest BCUT2D eigenvalue weighted by Crippen LogP contribution is -2.20. The molecule has 0 amide bonds. The molecule has 1 fully saturated rings. The summed E-state index contributed by atoms with van der Waals surface area (Å²) in [5.74, 6) is -0.0331. The second-order valence-corrected chi connectivity index (χ2v) is 5.50. The molecular weight excluding hydrogens is 278 g/mol. The summed E-state index contributed by atoms with van der Waals surface area (Å²) in [6.45, 7) is 1.83. The van der Waals surface area contributed by atoms with Crippen LogP contribution in [0.1, 0.15) is 41.5 Å². The molecule has 3 heterocycles. The van der Waals surface area contributed by atoms with Gasteiger partial charge in [-0.1, -0.05) is 18.0 Å². The molecule has 1 saturated heterocycles. The number of halogens is 1. The van der Waals surface area contributed by atoms with E-state index in [1.165, 1.54) is 0 Å². The van der Waals surface area contributed by atoms with Crippen molar-refractivity contribution < 1.29 is 9.90 Å². The van der Waals surface area contributed by atoms with E-state index in [0.717, 1.165) is 38.2 Å². The summed E-state index contributed by atoms with van der Waals surface area (Å²) < 4.78 is 1.82. The zero-order valence-electron chi connectivity index (χ0n) is 11.0. The minimum Gasteiger partial charge on any atom is -0.476 e. The number of aromatic carboxylic acids is 1. The molecule has 0 saturated carbocycles. The molecule has 1 unspecified atom stereocenters. The largest absolute Gasteiger partial charge is 0.476 e. The van der Waals surface area contributed by atoms with E-state index in [4.69, 9.17) is 11.6 Å². The summed E-state index contributed by atoms with van der Waals surface area (Å²) >= 11 is 6.15. The first kappa shape index (κ1) is 13.4. The van der Waals surface area contributed by atoms with Crippen molar-refractivity contribution in [1.29, 1.82) is 0 Å². The molecule has 5 nitrogen and oxygen atoms in total. The highest BCUT2D eigenvalue weighted by Crippen LogP contribution is 2.28. The number of hydrogen-bond acceptors (Lipinski definition) is 3. The molecule has 106 valence electrons. The van der Waals surface area contributed by atoms with Crippen LogP contribution in [0.4, 0.5) is 0 Å². The number of carboxylic acid groups (broad SMARTS) is 1. The van der Waals surface area contributed by atoms with Gasteiger partial charge in [0.2, 0.25) is 0 Å². The summed E-state index contributed by atoms with van der Waals surface area (Å²) in [5, 5.41) is 13.1. The normalized spacial score (nSPS) is 19.9. The van der Waals surface area contributed by atoms with Crippen molar-refractivity contribution in [2.45, 2.75) is 25.2 Å². The van der Waals surface area contributed by atoms with Gasteiger partial charge in [-0.15, -0.1) is 0 Å². The van der Waals surface area contributed by atoms with Crippen molar-refractivity contribution in [1.82, 2.24) is 14.7 Å². The third-order valence-electron chi connectivity index (χ3n) is 3.76. The van der Waals surface area contributed by atoms with Gasteiger partial charge in [-0.05, 0) is 31.5 Å². The number of fused-ring (bicyclic) bond motifs is 1. The molecule has 3 rings (SSSR count). The van der Waals surface area contributed by atoms with Crippen molar-refractivity contribution >= 4 is 23.1 Å². The number of imidazole rings is 1. The Morgan fingerprint density at radius 2 is 2.35 bits per heavy atom. The number of carboxylic acids is 1. The van der Waals surface area contributed by atoms with Gasteiger partial charge < -0.3 is 14.8 Å². The second-order valence-electron chi connectivity index (χ2n) is 5.10. The fourth-order valence-electron chi connectivity index (χ4n) is 2.80. The zero-order chi connectivity index (χ0) is 14.1. The Morgan fingerprint density at radius 1 is 1.50 bits per heavy atom. The van der Waals surface area contributed by atoms with E-state index in [-0.39, 0.29) is 11.6 Å². The molecule has 2 aromatic heterocycles. The molecule has 0 bridgehead atoms. The standard InChI is InChI=1S/C14H16ClN3O2/c15-10-5-3-7-18-12(10)11(14(19)20)17-13(18)9-4-1-2-6-16-8-9/h3,5,7,9,16H,1-2,4,6,8H2,(H,19,20). The van der Waals surface area contributed by atoms with Gasteiger partial charge in [0.05, 0.1) is 10.5 Å². The molecule has 0 aliphatic carbocycles. The summed E-state index contributed by atoms with van der Waals surface area (Å²) in [5.41, 5.74) is 0.524. The quantitative estimate of drug-likeness (QED) is 0.893. The van der Waals surface area contributed by atoms with Crippen LogP contribution in [-0.4, -0.2) is 33.6 Å². The smallest absolute Gasteiger partial charge is 0.356 e. The molecule has 0 spiro atoms. The van der Waals surface area contributed by atoms with Crippen molar-refractivity contribution in [2.75, 3.05) is 13.1 Å². The van der Waals surface area contributed by atoms with Crippen LogP contribution in [-0.2, 0) is 0 Å². The fraction of sp³-hybridized carbons (Fsp3) is 0.429. The van der Waals surface area contributed by atoms with Crippen LogP contribution in [0.2, 0.25) is 5.02 Å². The maximum atomic E-state index is 11.4. The van der Waals surface area contributed by atoms with Crippen LogP contribution in [0, 0.1) is 0 Å². The molecule has 1 aliphatic heterocycles. The summed E-state index contributed by atoms with van der Waals surface area (Å²) in [7, 11) is 0. The van der Waals surface area contributed by atoms with Crippen LogP contribution in [0.15, 0.2) is 18.3 Å². The average molecular weight is 294 g/mol. The first-order chi connectivity index (χ1) is 9.68. The van der Waals surface area contributed by atoms with Crippen molar-refractivity contribution in [3.8, 4) is 0 Å². The summed E-state index contributed by atoms with van der Waals surface area (Å²) in [6.07, 6.45) is 5.11. The Bertz CT molecular complexity index is 645. The first-order valence-electron chi connectivity index (χ1n) is 6.79. The van der Waals surface area contributed by atoms with Crippen LogP contribution in [0.25, 0.3) is 5.52 Å². The van der Waals surface area contributed by atoms with E-state index in [9.17, 15) is 9.90 Å².